The van der Waals surface area contributed by atoms with Crippen molar-refractivity contribution >= 4 is 5.91 Å². The number of carbonyl (C=O) groups excluding carboxylic acids is 1. The third-order valence-electron chi connectivity index (χ3n) is 3.81. The maximum absolute atomic E-state index is 12.4. The van der Waals surface area contributed by atoms with E-state index in [0.29, 0.717) is 13.0 Å². The highest BCUT2D eigenvalue weighted by molar-refractivity contribution is 5.78. The summed E-state index contributed by atoms with van der Waals surface area (Å²) >= 11 is 0. The van der Waals surface area contributed by atoms with Gasteiger partial charge in [-0.15, -0.1) is 0 Å². The molecule has 19 heavy (non-hydrogen) atoms. The summed E-state index contributed by atoms with van der Waals surface area (Å²) in [5.74, 6) is 0.946. The van der Waals surface area contributed by atoms with Gasteiger partial charge in [0.15, 0.2) is 0 Å². The van der Waals surface area contributed by atoms with Crippen molar-refractivity contribution in [2.75, 3.05) is 14.2 Å². The molecule has 0 aromatic carbocycles. The third-order valence-corrected chi connectivity index (χ3v) is 3.81. The number of rotatable bonds is 4. The number of carbonyl (C=O) groups is 1. The van der Waals surface area contributed by atoms with Gasteiger partial charge in [0, 0.05) is 38.5 Å². The molecular weight excluding hydrogens is 244 g/mol. The van der Waals surface area contributed by atoms with Crippen LogP contribution in [0.25, 0.3) is 0 Å². The molecule has 6 nitrogen and oxygen atoms in total. The number of aromatic nitrogens is 2. The molecule has 1 aliphatic carbocycles. The molecule has 0 unspecified atom stereocenters. The summed E-state index contributed by atoms with van der Waals surface area (Å²) in [4.78, 5) is 21.2. The van der Waals surface area contributed by atoms with Gasteiger partial charge in [-0.1, -0.05) is 0 Å². The van der Waals surface area contributed by atoms with Crippen LogP contribution in [0.5, 0.6) is 0 Å². The topological polar surface area (TPSA) is 84.2 Å². The van der Waals surface area contributed by atoms with Gasteiger partial charge in [-0.25, -0.2) is 4.98 Å². The van der Waals surface area contributed by atoms with Crippen molar-refractivity contribution in [2.45, 2.75) is 38.0 Å². The molecular formula is C13H22N4O2. The molecule has 3 atom stereocenters. The van der Waals surface area contributed by atoms with Crippen LogP contribution in [0.4, 0.5) is 0 Å². The summed E-state index contributed by atoms with van der Waals surface area (Å²) in [5, 5.41) is 0. The van der Waals surface area contributed by atoms with Crippen LogP contribution in [-0.4, -0.2) is 47.1 Å². The Balaban J connectivity index is 1.92. The van der Waals surface area contributed by atoms with E-state index in [9.17, 15) is 4.79 Å². The minimum atomic E-state index is -0.0142. The number of imidazole rings is 1. The van der Waals surface area contributed by atoms with Crippen LogP contribution in [0.15, 0.2) is 12.4 Å². The van der Waals surface area contributed by atoms with E-state index < -0.39 is 0 Å². The van der Waals surface area contributed by atoms with Crippen molar-refractivity contribution in [3.8, 4) is 0 Å². The Bertz CT molecular complexity index is 407. The molecule has 0 aliphatic heterocycles. The van der Waals surface area contributed by atoms with E-state index in [-0.39, 0.29) is 24.0 Å². The number of methoxy groups -OCH3 is 1. The van der Waals surface area contributed by atoms with Gasteiger partial charge in [-0.2, -0.15) is 0 Å². The number of hydrogen-bond acceptors (Lipinski definition) is 4. The van der Waals surface area contributed by atoms with Gasteiger partial charge >= 0.3 is 0 Å². The molecule has 6 heteroatoms. The normalized spacial score (nSPS) is 27.2. The summed E-state index contributed by atoms with van der Waals surface area (Å²) in [6.07, 6.45) is 5.81. The van der Waals surface area contributed by atoms with Crippen LogP contribution in [-0.2, 0) is 16.1 Å². The largest absolute Gasteiger partial charge is 0.380 e. The SMILES string of the molecule is CO[C@@H]1C[C@@H](C(=O)N(C)Cc2ncc[nH]2)CC[C@H]1N. The van der Waals surface area contributed by atoms with E-state index in [4.69, 9.17) is 10.5 Å². The second kappa shape index (κ2) is 6.16. The number of ether oxygens (including phenoxy) is 1. The van der Waals surface area contributed by atoms with E-state index in [1.54, 1.807) is 31.5 Å². The first-order valence-corrected chi connectivity index (χ1v) is 6.63. The molecule has 2 rings (SSSR count). The predicted octanol–water partition coefficient (Wildman–Crippen LogP) is 0.510. The maximum atomic E-state index is 12.4. The van der Waals surface area contributed by atoms with Crippen LogP contribution >= 0.6 is 0 Å². The standard InChI is InChI=1S/C13H22N4O2/c1-17(8-12-15-5-6-16-12)13(18)9-3-4-10(14)11(7-9)19-2/h5-6,9-11H,3-4,7-8,14H2,1-2H3,(H,15,16)/t9-,10+,11+/m0/s1. The Morgan fingerprint density at radius 3 is 3.05 bits per heavy atom. The molecule has 3 N–H and O–H groups in total. The zero-order chi connectivity index (χ0) is 13.8. The van der Waals surface area contributed by atoms with Gasteiger partial charge in [0.2, 0.25) is 5.91 Å². The van der Waals surface area contributed by atoms with Gasteiger partial charge in [0.1, 0.15) is 5.82 Å². The molecule has 1 fully saturated rings. The summed E-state index contributed by atoms with van der Waals surface area (Å²) in [6.45, 7) is 0.506. The van der Waals surface area contributed by atoms with E-state index in [2.05, 4.69) is 9.97 Å². The molecule has 0 spiro atoms. The fourth-order valence-electron chi connectivity index (χ4n) is 2.65. The van der Waals surface area contributed by atoms with Crippen molar-refractivity contribution in [3.63, 3.8) is 0 Å². The third kappa shape index (κ3) is 3.33. The lowest BCUT2D eigenvalue weighted by atomic mass is 9.83. The Morgan fingerprint density at radius 1 is 1.63 bits per heavy atom. The van der Waals surface area contributed by atoms with Crippen LogP contribution in [0.1, 0.15) is 25.1 Å². The Kier molecular flexibility index (Phi) is 4.55. The minimum Gasteiger partial charge on any atom is -0.380 e. The smallest absolute Gasteiger partial charge is 0.225 e. The van der Waals surface area contributed by atoms with Gasteiger partial charge in [0.05, 0.1) is 12.6 Å². The number of hydrogen-bond donors (Lipinski definition) is 2. The number of nitrogens with zero attached hydrogens (tertiary/aromatic N) is 2. The van der Waals surface area contributed by atoms with Crippen molar-refractivity contribution in [1.29, 1.82) is 0 Å². The first kappa shape index (κ1) is 14.0. The number of amides is 1. The van der Waals surface area contributed by atoms with Crippen molar-refractivity contribution in [3.05, 3.63) is 18.2 Å². The van der Waals surface area contributed by atoms with Crippen LogP contribution < -0.4 is 5.73 Å². The molecule has 1 saturated carbocycles. The second-order valence-electron chi connectivity index (χ2n) is 5.18. The fourth-order valence-corrected chi connectivity index (χ4v) is 2.65. The molecule has 1 aromatic heterocycles. The van der Waals surface area contributed by atoms with Gasteiger partial charge < -0.3 is 20.4 Å². The molecule has 1 amide bonds. The average Bonchev–Trinajstić information content (AvgIpc) is 2.91. The van der Waals surface area contributed by atoms with E-state index >= 15 is 0 Å². The quantitative estimate of drug-likeness (QED) is 0.831. The predicted molar refractivity (Wildman–Crippen MR) is 71.2 cm³/mol. The highest BCUT2D eigenvalue weighted by atomic mass is 16.5. The zero-order valence-corrected chi connectivity index (χ0v) is 11.5. The minimum absolute atomic E-state index is 0.00436. The molecule has 0 radical (unpaired) electrons. The first-order valence-electron chi connectivity index (χ1n) is 6.63. The summed E-state index contributed by atoms with van der Waals surface area (Å²) in [7, 11) is 3.46. The summed E-state index contributed by atoms with van der Waals surface area (Å²) < 4.78 is 5.36. The lowest BCUT2D eigenvalue weighted by molar-refractivity contribution is -0.137. The number of nitrogens with two attached hydrogens (primary N) is 1. The van der Waals surface area contributed by atoms with Crippen LogP contribution in [0.2, 0.25) is 0 Å². The number of nitrogens with one attached hydrogen (secondary N) is 1. The van der Waals surface area contributed by atoms with Gasteiger partial charge in [0.25, 0.3) is 0 Å². The Hall–Kier alpha value is -1.40. The maximum Gasteiger partial charge on any atom is 0.225 e. The Labute approximate surface area is 113 Å². The van der Waals surface area contributed by atoms with Gasteiger partial charge in [-0.05, 0) is 19.3 Å². The van der Waals surface area contributed by atoms with E-state index in [1.807, 2.05) is 0 Å². The Morgan fingerprint density at radius 2 is 2.42 bits per heavy atom. The van der Waals surface area contributed by atoms with Crippen LogP contribution in [0.3, 0.4) is 0 Å². The molecule has 0 saturated heterocycles. The molecule has 1 heterocycles. The monoisotopic (exact) mass is 266 g/mol. The van der Waals surface area contributed by atoms with Crippen LogP contribution in [0, 0.1) is 5.92 Å². The molecule has 1 aromatic rings. The number of aromatic amines is 1. The first-order chi connectivity index (χ1) is 9.11. The summed E-state index contributed by atoms with van der Waals surface area (Å²) in [5.41, 5.74) is 5.97. The molecule has 1 aliphatic rings. The van der Waals surface area contributed by atoms with Crippen molar-refractivity contribution in [2.24, 2.45) is 11.7 Å². The number of H-pyrrole nitrogens is 1. The van der Waals surface area contributed by atoms with Gasteiger partial charge in [-0.3, -0.25) is 4.79 Å². The van der Waals surface area contributed by atoms with E-state index in [1.165, 1.54) is 0 Å². The summed E-state index contributed by atoms with van der Waals surface area (Å²) in [6, 6.07) is 0.0458. The average molecular weight is 266 g/mol. The fraction of sp³-hybridized carbons (Fsp3) is 0.692. The molecule has 0 bridgehead atoms. The highest BCUT2D eigenvalue weighted by Crippen LogP contribution is 2.27. The van der Waals surface area contributed by atoms with Crippen molar-refractivity contribution in [1.82, 2.24) is 14.9 Å². The van der Waals surface area contributed by atoms with Crippen molar-refractivity contribution < 1.29 is 9.53 Å². The lowest BCUT2D eigenvalue weighted by Crippen LogP contribution is -2.45. The zero-order valence-electron chi connectivity index (χ0n) is 11.5. The van der Waals surface area contributed by atoms with E-state index in [0.717, 1.165) is 18.7 Å². The molecule has 106 valence electrons. The lowest BCUT2D eigenvalue weighted by Gasteiger charge is -2.34. The second-order valence-corrected chi connectivity index (χ2v) is 5.18. The highest BCUT2D eigenvalue weighted by Gasteiger charge is 2.33.